The molecule has 0 spiro atoms. The van der Waals surface area contributed by atoms with Crippen LogP contribution >= 0.6 is 0 Å². The maximum Gasteiger partial charge on any atom is 0.223 e. The number of carbonyl (C=O) groups excluding carboxylic acids is 1. The first kappa shape index (κ1) is 21.8. The first-order valence-electron chi connectivity index (χ1n) is 11.8. The second kappa shape index (κ2) is 9.48. The van der Waals surface area contributed by atoms with Gasteiger partial charge in [0.05, 0.1) is 18.7 Å². The number of fused-ring (bicyclic) bond motifs is 1. The van der Waals surface area contributed by atoms with Crippen molar-refractivity contribution in [2.24, 2.45) is 0 Å². The number of aromatic nitrogens is 1. The lowest BCUT2D eigenvalue weighted by molar-refractivity contribution is -0.132. The van der Waals surface area contributed by atoms with Crippen LogP contribution in [-0.4, -0.2) is 48.1 Å². The SMILES string of the molecule is Cc1ccc(CCC(=O)N(Cc2cc3ccc(F)cc3nc2N2CCOCC2)C2CC2)cc1. The molecule has 6 heteroatoms. The number of carbonyl (C=O) groups is 1. The molecule has 1 amide bonds. The Kier molecular flexibility index (Phi) is 6.27. The van der Waals surface area contributed by atoms with Crippen LogP contribution in [0.4, 0.5) is 10.2 Å². The summed E-state index contributed by atoms with van der Waals surface area (Å²) in [6.45, 7) is 5.37. The molecule has 2 aromatic carbocycles. The van der Waals surface area contributed by atoms with Crippen molar-refractivity contribution in [3.63, 3.8) is 0 Å². The van der Waals surface area contributed by atoms with E-state index in [0.717, 1.165) is 49.1 Å². The summed E-state index contributed by atoms with van der Waals surface area (Å²) in [6, 6.07) is 15.5. The number of halogens is 1. The van der Waals surface area contributed by atoms with Gasteiger partial charge in [0.2, 0.25) is 5.91 Å². The summed E-state index contributed by atoms with van der Waals surface area (Å²) < 4.78 is 19.4. The number of anilines is 1. The van der Waals surface area contributed by atoms with E-state index in [4.69, 9.17) is 9.72 Å². The zero-order valence-electron chi connectivity index (χ0n) is 19.1. The minimum absolute atomic E-state index is 0.185. The molecule has 3 aromatic rings. The number of amides is 1. The van der Waals surface area contributed by atoms with E-state index in [2.05, 4.69) is 42.2 Å². The van der Waals surface area contributed by atoms with E-state index in [9.17, 15) is 9.18 Å². The van der Waals surface area contributed by atoms with Gasteiger partial charge >= 0.3 is 0 Å². The molecule has 33 heavy (non-hydrogen) atoms. The van der Waals surface area contributed by atoms with Crippen LogP contribution in [0, 0.1) is 12.7 Å². The molecule has 1 aliphatic carbocycles. The molecule has 1 aliphatic heterocycles. The Balaban J connectivity index is 1.40. The number of rotatable bonds is 7. The molecule has 1 saturated heterocycles. The van der Waals surface area contributed by atoms with Gasteiger partial charge in [0.15, 0.2) is 0 Å². The van der Waals surface area contributed by atoms with Crippen LogP contribution in [0.25, 0.3) is 10.9 Å². The zero-order valence-corrected chi connectivity index (χ0v) is 19.1. The number of morpholine rings is 1. The van der Waals surface area contributed by atoms with Crippen LogP contribution in [0.3, 0.4) is 0 Å². The smallest absolute Gasteiger partial charge is 0.223 e. The molecule has 0 bridgehead atoms. The maximum absolute atomic E-state index is 13.9. The minimum atomic E-state index is -0.290. The molecule has 5 rings (SSSR count). The van der Waals surface area contributed by atoms with Crippen LogP contribution in [0.1, 0.15) is 36.0 Å². The van der Waals surface area contributed by atoms with Gasteiger partial charge in [-0.15, -0.1) is 0 Å². The van der Waals surface area contributed by atoms with E-state index in [-0.39, 0.29) is 11.7 Å². The third-order valence-electron chi connectivity index (χ3n) is 6.54. The van der Waals surface area contributed by atoms with Crippen molar-refractivity contribution < 1.29 is 13.9 Å². The number of hydrogen-bond acceptors (Lipinski definition) is 4. The Bertz CT molecular complexity index is 1140. The van der Waals surface area contributed by atoms with Gasteiger partial charge in [-0.05, 0) is 49.9 Å². The first-order valence-corrected chi connectivity index (χ1v) is 11.8. The van der Waals surface area contributed by atoms with Gasteiger partial charge in [0.1, 0.15) is 11.6 Å². The summed E-state index contributed by atoms with van der Waals surface area (Å²) in [5, 5.41) is 0.895. The van der Waals surface area contributed by atoms with Gasteiger partial charge in [-0.25, -0.2) is 9.37 Å². The van der Waals surface area contributed by atoms with E-state index < -0.39 is 0 Å². The predicted molar refractivity (Wildman–Crippen MR) is 128 cm³/mol. The van der Waals surface area contributed by atoms with E-state index >= 15 is 0 Å². The number of aryl methyl sites for hydroxylation is 2. The number of ether oxygens (including phenoxy) is 1. The average Bonchev–Trinajstić information content (AvgIpc) is 3.67. The molecule has 1 aromatic heterocycles. The van der Waals surface area contributed by atoms with Crippen molar-refractivity contribution in [3.05, 3.63) is 71.0 Å². The highest BCUT2D eigenvalue weighted by molar-refractivity contribution is 5.83. The fourth-order valence-corrected chi connectivity index (χ4v) is 4.48. The van der Waals surface area contributed by atoms with Crippen molar-refractivity contribution in [2.45, 2.75) is 45.2 Å². The van der Waals surface area contributed by atoms with Crippen LogP contribution in [-0.2, 0) is 22.5 Å². The predicted octanol–water partition coefficient (Wildman–Crippen LogP) is 4.64. The highest BCUT2D eigenvalue weighted by atomic mass is 19.1. The lowest BCUT2D eigenvalue weighted by Crippen LogP contribution is -2.38. The van der Waals surface area contributed by atoms with Crippen LogP contribution in [0.5, 0.6) is 0 Å². The van der Waals surface area contributed by atoms with Gasteiger partial charge in [0.25, 0.3) is 0 Å². The molecule has 0 unspecified atom stereocenters. The Labute approximate surface area is 194 Å². The summed E-state index contributed by atoms with van der Waals surface area (Å²) in [5.74, 6) is 0.736. The van der Waals surface area contributed by atoms with Gasteiger partial charge in [-0.2, -0.15) is 0 Å². The largest absolute Gasteiger partial charge is 0.378 e. The first-order chi connectivity index (χ1) is 16.1. The fraction of sp³-hybridized carbons (Fsp3) is 0.407. The molecule has 1 saturated carbocycles. The Morgan fingerprint density at radius 3 is 2.61 bits per heavy atom. The fourth-order valence-electron chi connectivity index (χ4n) is 4.48. The highest BCUT2D eigenvalue weighted by Crippen LogP contribution is 2.32. The summed E-state index contributed by atoms with van der Waals surface area (Å²) in [6.07, 6.45) is 3.34. The summed E-state index contributed by atoms with van der Waals surface area (Å²) in [4.78, 5) is 22.4. The lowest BCUT2D eigenvalue weighted by atomic mass is 10.1. The Morgan fingerprint density at radius 1 is 1.12 bits per heavy atom. The van der Waals surface area contributed by atoms with Crippen LogP contribution < -0.4 is 4.90 Å². The van der Waals surface area contributed by atoms with Crippen LogP contribution in [0.2, 0.25) is 0 Å². The van der Waals surface area contributed by atoms with Crippen molar-refractivity contribution in [1.82, 2.24) is 9.88 Å². The maximum atomic E-state index is 13.9. The van der Waals surface area contributed by atoms with E-state index in [0.29, 0.717) is 37.7 Å². The third kappa shape index (κ3) is 5.17. The minimum Gasteiger partial charge on any atom is -0.378 e. The molecule has 5 nitrogen and oxygen atoms in total. The van der Waals surface area contributed by atoms with Crippen molar-refractivity contribution >= 4 is 22.6 Å². The topological polar surface area (TPSA) is 45.7 Å². The lowest BCUT2D eigenvalue weighted by Gasteiger charge is -2.31. The normalized spacial score (nSPS) is 16.2. The van der Waals surface area contributed by atoms with Gasteiger partial charge in [-0.3, -0.25) is 4.79 Å². The quantitative estimate of drug-likeness (QED) is 0.529. The Morgan fingerprint density at radius 2 is 1.88 bits per heavy atom. The molecule has 2 fully saturated rings. The highest BCUT2D eigenvalue weighted by Gasteiger charge is 2.33. The molecule has 0 N–H and O–H groups in total. The third-order valence-corrected chi connectivity index (χ3v) is 6.54. The summed E-state index contributed by atoms with van der Waals surface area (Å²) >= 11 is 0. The summed E-state index contributed by atoms with van der Waals surface area (Å²) in [7, 11) is 0. The zero-order chi connectivity index (χ0) is 22.8. The second-order valence-corrected chi connectivity index (χ2v) is 9.15. The number of hydrogen-bond donors (Lipinski definition) is 0. The molecule has 2 heterocycles. The number of nitrogens with zero attached hydrogens (tertiary/aromatic N) is 3. The summed E-state index contributed by atoms with van der Waals surface area (Å²) in [5.41, 5.74) is 4.08. The van der Waals surface area contributed by atoms with Crippen molar-refractivity contribution in [1.29, 1.82) is 0 Å². The number of pyridine rings is 1. The van der Waals surface area contributed by atoms with E-state index in [1.165, 1.54) is 23.3 Å². The second-order valence-electron chi connectivity index (χ2n) is 9.15. The monoisotopic (exact) mass is 447 g/mol. The standard InChI is InChI=1S/C27H30FN3O2/c1-19-2-4-20(5-3-19)6-11-26(32)31(24-9-10-24)18-22-16-21-7-8-23(28)17-25(21)29-27(22)30-12-14-33-15-13-30/h2-5,7-8,16-17,24H,6,9-15,18H2,1H3. The molecule has 0 atom stereocenters. The van der Waals surface area contributed by atoms with Gasteiger partial charge < -0.3 is 14.5 Å². The van der Waals surface area contributed by atoms with E-state index in [1.807, 2.05) is 4.90 Å². The molecule has 172 valence electrons. The molecule has 2 aliphatic rings. The van der Waals surface area contributed by atoms with Crippen LogP contribution in [0.15, 0.2) is 48.5 Å². The molecule has 0 radical (unpaired) electrons. The van der Waals surface area contributed by atoms with Gasteiger partial charge in [0, 0.05) is 49.1 Å². The van der Waals surface area contributed by atoms with E-state index in [1.54, 1.807) is 6.07 Å². The average molecular weight is 448 g/mol. The molecular weight excluding hydrogens is 417 g/mol. The number of benzene rings is 2. The van der Waals surface area contributed by atoms with Gasteiger partial charge in [-0.1, -0.05) is 29.8 Å². The van der Waals surface area contributed by atoms with Crippen molar-refractivity contribution in [3.8, 4) is 0 Å². The molecular formula is C27H30FN3O2. The van der Waals surface area contributed by atoms with Crippen molar-refractivity contribution in [2.75, 3.05) is 31.2 Å². The Hall–Kier alpha value is -2.99.